The van der Waals surface area contributed by atoms with Crippen molar-refractivity contribution in [1.82, 2.24) is 0 Å². The minimum atomic E-state index is -0.0382. The van der Waals surface area contributed by atoms with Crippen molar-refractivity contribution in [2.45, 2.75) is 6.92 Å². The molecule has 0 N–H and O–H groups in total. The molecule has 0 radical (unpaired) electrons. The van der Waals surface area contributed by atoms with Crippen LogP contribution in [0.5, 0.6) is 5.75 Å². The molecule has 0 aliphatic carbocycles. The van der Waals surface area contributed by atoms with E-state index in [1.54, 1.807) is 12.1 Å². The number of halogens is 2. The van der Waals surface area contributed by atoms with Crippen LogP contribution < -0.4 is 4.74 Å². The van der Waals surface area contributed by atoms with Gasteiger partial charge in [-0.2, -0.15) is 0 Å². The summed E-state index contributed by atoms with van der Waals surface area (Å²) in [5.41, 5.74) is 1.41. The highest BCUT2D eigenvalue weighted by atomic mass is 79.9. The molecule has 76 valence electrons. The van der Waals surface area contributed by atoms with Crippen LogP contribution in [0.2, 0.25) is 5.02 Å². The summed E-state index contributed by atoms with van der Waals surface area (Å²) in [5, 5.41) is 0.845. The van der Waals surface area contributed by atoms with E-state index < -0.39 is 0 Å². The van der Waals surface area contributed by atoms with Crippen LogP contribution in [0.25, 0.3) is 0 Å². The second-order valence-corrected chi connectivity index (χ2v) is 3.83. The van der Waals surface area contributed by atoms with Crippen LogP contribution >= 0.6 is 27.5 Å². The number of methoxy groups -OCH3 is 1. The number of benzene rings is 1. The van der Waals surface area contributed by atoms with E-state index in [0.717, 1.165) is 5.56 Å². The SMILES string of the molecule is COc1cc(C)c(Cl)cc1C(=O)CBr. The maximum atomic E-state index is 11.5. The lowest BCUT2D eigenvalue weighted by Crippen LogP contribution is -2.03. The van der Waals surface area contributed by atoms with Gasteiger partial charge in [0.2, 0.25) is 0 Å². The third kappa shape index (κ3) is 2.28. The normalized spacial score (nSPS) is 10.0. The Kier molecular flexibility index (Phi) is 3.96. The van der Waals surface area contributed by atoms with Gasteiger partial charge in [-0.3, -0.25) is 4.79 Å². The Morgan fingerprint density at radius 3 is 2.71 bits per heavy atom. The molecule has 1 aromatic carbocycles. The summed E-state index contributed by atoms with van der Waals surface area (Å²) in [6.45, 7) is 1.87. The van der Waals surface area contributed by atoms with Crippen LogP contribution in [-0.2, 0) is 0 Å². The summed E-state index contributed by atoms with van der Waals surface area (Å²) < 4.78 is 5.10. The van der Waals surface area contributed by atoms with Crippen LogP contribution in [0.15, 0.2) is 12.1 Å². The second kappa shape index (κ2) is 4.80. The molecule has 1 rings (SSSR count). The molecule has 0 amide bonds. The minimum absolute atomic E-state index is 0.0382. The van der Waals surface area contributed by atoms with E-state index in [2.05, 4.69) is 15.9 Å². The molecule has 0 aliphatic rings. The van der Waals surface area contributed by atoms with Crippen LogP contribution in [0.3, 0.4) is 0 Å². The topological polar surface area (TPSA) is 26.3 Å². The molecule has 4 heteroatoms. The fourth-order valence-electron chi connectivity index (χ4n) is 1.11. The molecule has 0 unspecified atom stereocenters. The number of rotatable bonds is 3. The zero-order chi connectivity index (χ0) is 10.7. The number of carbonyl (C=O) groups is 1. The van der Waals surface area contributed by atoms with Gasteiger partial charge in [0.05, 0.1) is 18.0 Å². The smallest absolute Gasteiger partial charge is 0.177 e. The van der Waals surface area contributed by atoms with Crippen molar-refractivity contribution >= 4 is 33.3 Å². The van der Waals surface area contributed by atoms with Crippen molar-refractivity contribution in [2.75, 3.05) is 12.4 Å². The van der Waals surface area contributed by atoms with Crippen LogP contribution in [-0.4, -0.2) is 18.2 Å². The number of aryl methyl sites for hydroxylation is 1. The first kappa shape index (κ1) is 11.5. The Morgan fingerprint density at radius 2 is 2.21 bits per heavy atom. The fraction of sp³-hybridized carbons (Fsp3) is 0.300. The highest BCUT2D eigenvalue weighted by Gasteiger charge is 2.12. The lowest BCUT2D eigenvalue weighted by atomic mass is 10.1. The maximum Gasteiger partial charge on any atom is 0.177 e. The van der Waals surface area contributed by atoms with E-state index in [0.29, 0.717) is 16.3 Å². The van der Waals surface area contributed by atoms with E-state index in [9.17, 15) is 4.79 Å². The van der Waals surface area contributed by atoms with Gasteiger partial charge in [0.25, 0.3) is 0 Å². The van der Waals surface area contributed by atoms with E-state index in [1.807, 2.05) is 6.92 Å². The van der Waals surface area contributed by atoms with Crippen molar-refractivity contribution in [3.63, 3.8) is 0 Å². The molecule has 0 aliphatic heterocycles. The van der Waals surface area contributed by atoms with Gasteiger partial charge in [-0.15, -0.1) is 0 Å². The monoisotopic (exact) mass is 276 g/mol. The van der Waals surface area contributed by atoms with Crippen LogP contribution in [0, 0.1) is 6.92 Å². The standard InChI is InChI=1S/C10H10BrClO2/c1-6-3-10(14-2)7(4-8(6)12)9(13)5-11/h3-4H,5H2,1-2H3. The van der Waals surface area contributed by atoms with Crippen LogP contribution in [0.4, 0.5) is 0 Å². The van der Waals surface area contributed by atoms with Gasteiger partial charge < -0.3 is 4.74 Å². The van der Waals surface area contributed by atoms with Gasteiger partial charge >= 0.3 is 0 Å². The Labute approximate surface area is 96.3 Å². The molecule has 0 spiro atoms. The molecule has 0 heterocycles. The van der Waals surface area contributed by atoms with Crippen molar-refractivity contribution in [2.24, 2.45) is 0 Å². The van der Waals surface area contributed by atoms with E-state index >= 15 is 0 Å². The first-order valence-corrected chi connectivity index (χ1v) is 5.53. The first-order chi connectivity index (χ1) is 6.60. The number of alkyl halides is 1. The van der Waals surface area contributed by atoms with Crippen LogP contribution in [0.1, 0.15) is 15.9 Å². The summed E-state index contributed by atoms with van der Waals surface area (Å²) in [6.07, 6.45) is 0. The summed E-state index contributed by atoms with van der Waals surface area (Å²) in [7, 11) is 1.54. The number of hydrogen-bond donors (Lipinski definition) is 0. The molecule has 0 atom stereocenters. The molecule has 0 saturated carbocycles. The molecule has 14 heavy (non-hydrogen) atoms. The minimum Gasteiger partial charge on any atom is -0.496 e. The predicted molar refractivity (Wildman–Crippen MR) is 60.9 cm³/mol. The second-order valence-electron chi connectivity index (χ2n) is 2.86. The Bertz CT molecular complexity index is 363. The lowest BCUT2D eigenvalue weighted by molar-refractivity contribution is 0.102. The number of Topliss-reactive ketones (excluding diaryl/α,β-unsaturated/α-hetero) is 1. The van der Waals surface area contributed by atoms with Gasteiger partial charge in [0.1, 0.15) is 5.75 Å². The van der Waals surface area contributed by atoms with E-state index in [-0.39, 0.29) is 11.1 Å². The number of ketones is 1. The quantitative estimate of drug-likeness (QED) is 0.626. The Hall–Kier alpha value is -0.540. The molecule has 2 nitrogen and oxygen atoms in total. The molecule has 0 aromatic heterocycles. The number of hydrogen-bond acceptors (Lipinski definition) is 2. The number of ether oxygens (including phenoxy) is 1. The lowest BCUT2D eigenvalue weighted by Gasteiger charge is -2.08. The van der Waals surface area contributed by atoms with Gasteiger partial charge in [-0.25, -0.2) is 0 Å². The molecule has 0 saturated heterocycles. The van der Waals surface area contributed by atoms with E-state index in [4.69, 9.17) is 16.3 Å². The zero-order valence-electron chi connectivity index (χ0n) is 7.93. The maximum absolute atomic E-state index is 11.5. The molecular weight excluding hydrogens is 267 g/mol. The van der Waals surface area contributed by atoms with Crippen molar-refractivity contribution < 1.29 is 9.53 Å². The third-order valence-corrected chi connectivity index (χ3v) is 2.82. The Balaban J connectivity index is 3.27. The van der Waals surface area contributed by atoms with Crippen molar-refractivity contribution in [3.05, 3.63) is 28.3 Å². The van der Waals surface area contributed by atoms with Gasteiger partial charge in [-0.05, 0) is 24.6 Å². The zero-order valence-corrected chi connectivity index (χ0v) is 10.3. The van der Waals surface area contributed by atoms with E-state index in [1.165, 1.54) is 7.11 Å². The van der Waals surface area contributed by atoms with Gasteiger partial charge in [0.15, 0.2) is 5.78 Å². The summed E-state index contributed by atoms with van der Waals surface area (Å²) >= 11 is 9.03. The molecule has 1 aromatic rings. The fourth-order valence-corrected chi connectivity index (χ4v) is 1.58. The highest BCUT2D eigenvalue weighted by Crippen LogP contribution is 2.27. The van der Waals surface area contributed by atoms with Crippen molar-refractivity contribution in [1.29, 1.82) is 0 Å². The molecule has 0 fully saturated rings. The first-order valence-electron chi connectivity index (χ1n) is 4.03. The number of carbonyl (C=O) groups excluding carboxylic acids is 1. The van der Waals surface area contributed by atoms with Crippen molar-refractivity contribution in [3.8, 4) is 5.75 Å². The molecular formula is C10H10BrClO2. The summed E-state index contributed by atoms with van der Waals surface area (Å²) in [5.74, 6) is 0.528. The van der Waals surface area contributed by atoms with Gasteiger partial charge in [0, 0.05) is 5.02 Å². The largest absolute Gasteiger partial charge is 0.496 e. The Morgan fingerprint density at radius 1 is 1.57 bits per heavy atom. The summed E-state index contributed by atoms with van der Waals surface area (Å²) in [4.78, 5) is 11.5. The highest BCUT2D eigenvalue weighted by molar-refractivity contribution is 9.09. The van der Waals surface area contributed by atoms with Gasteiger partial charge in [-0.1, -0.05) is 27.5 Å². The summed E-state index contributed by atoms with van der Waals surface area (Å²) in [6, 6.07) is 3.40. The average molecular weight is 278 g/mol. The third-order valence-electron chi connectivity index (χ3n) is 1.90. The molecule has 0 bridgehead atoms. The predicted octanol–water partition coefficient (Wildman–Crippen LogP) is 3.23. The average Bonchev–Trinajstić information content (AvgIpc) is 2.20.